The zero-order valence-corrected chi connectivity index (χ0v) is 15.0. The van der Waals surface area contributed by atoms with Crippen LogP contribution in [0, 0.1) is 6.92 Å². The predicted molar refractivity (Wildman–Crippen MR) is 99.0 cm³/mol. The summed E-state index contributed by atoms with van der Waals surface area (Å²) in [6.07, 6.45) is 4.08. The fourth-order valence-corrected chi connectivity index (χ4v) is 2.93. The Morgan fingerprint density at radius 1 is 1.12 bits per heavy atom. The average Bonchev–Trinajstić information content (AvgIpc) is 3.11. The summed E-state index contributed by atoms with van der Waals surface area (Å²) < 4.78 is 26.9. The largest absolute Gasteiger partial charge is 0.322 e. The number of rotatable bonds is 5. The van der Waals surface area contributed by atoms with Crippen molar-refractivity contribution in [1.82, 2.24) is 14.8 Å². The maximum absolute atomic E-state index is 12.4. The fraction of sp³-hybridized carbons (Fsp3) is 0.118. The Labute approximate surface area is 150 Å². The molecular weight excluding hydrogens is 354 g/mol. The van der Waals surface area contributed by atoms with Gasteiger partial charge in [0.25, 0.3) is 5.91 Å². The van der Waals surface area contributed by atoms with Gasteiger partial charge in [0.2, 0.25) is 10.0 Å². The summed E-state index contributed by atoms with van der Waals surface area (Å²) in [4.78, 5) is 16.3. The van der Waals surface area contributed by atoms with Crippen LogP contribution in [-0.2, 0) is 10.0 Å². The van der Waals surface area contributed by atoms with E-state index in [1.807, 2.05) is 0 Å². The first-order chi connectivity index (χ1) is 12.3. The van der Waals surface area contributed by atoms with Gasteiger partial charge in [0.15, 0.2) is 0 Å². The van der Waals surface area contributed by atoms with Crippen LogP contribution < -0.4 is 10.0 Å². The van der Waals surface area contributed by atoms with Crippen molar-refractivity contribution in [3.05, 3.63) is 66.2 Å². The highest BCUT2D eigenvalue weighted by Gasteiger charge is 2.11. The summed E-state index contributed by atoms with van der Waals surface area (Å²) in [7, 11) is -3.42. The van der Waals surface area contributed by atoms with Crippen LogP contribution in [0.3, 0.4) is 0 Å². The normalized spacial score (nSPS) is 11.2. The Kier molecular flexibility index (Phi) is 4.72. The molecule has 0 saturated heterocycles. The van der Waals surface area contributed by atoms with E-state index < -0.39 is 10.0 Å². The standard InChI is InChI=1S/C17H17N5O3S/c1-12-3-4-13(9-16(12)21-26(2,24)25)17(23)20-14-5-7-15(8-6-14)22-11-18-10-19-22/h3-11,21H,1-2H3,(H,20,23). The number of aromatic nitrogens is 3. The van der Waals surface area contributed by atoms with E-state index in [2.05, 4.69) is 20.1 Å². The highest BCUT2D eigenvalue weighted by molar-refractivity contribution is 7.92. The number of aryl methyl sites for hydroxylation is 1. The van der Waals surface area contributed by atoms with Crippen LogP contribution in [0.4, 0.5) is 11.4 Å². The number of benzene rings is 2. The summed E-state index contributed by atoms with van der Waals surface area (Å²) in [6, 6.07) is 11.9. The monoisotopic (exact) mass is 371 g/mol. The zero-order chi connectivity index (χ0) is 18.7. The molecular formula is C17H17N5O3S. The van der Waals surface area contributed by atoms with Crippen molar-refractivity contribution in [2.45, 2.75) is 6.92 Å². The molecule has 0 radical (unpaired) electrons. The SMILES string of the molecule is Cc1ccc(C(=O)Nc2ccc(-n3cncn3)cc2)cc1NS(C)(=O)=O. The van der Waals surface area contributed by atoms with Gasteiger partial charge in [-0.25, -0.2) is 18.1 Å². The predicted octanol–water partition coefficient (Wildman–Crippen LogP) is 2.20. The van der Waals surface area contributed by atoms with Gasteiger partial charge in [0, 0.05) is 11.3 Å². The van der Waals surface area contributed by atoms with Gasteiger partial charge in [0.05, 0.1) is 17.6 Å². The third kappa shape index (κ3) is 4.25. The second-order valence-corrected chi connectivity index (χ2v) is 7.49. The maximum atomic E-state index is 12.4. The molecule has 0 bridgehead atoms. The van der Waals surface area contributed by atoms with Crippen LogP contribution >= 0.6 is 0 Å². The molecule has 26 heavy (non-hydrogen) atoms. The Bertz CT molecular complexity index is 1030. The molecule has 3 aromatic rings. The third-order valence-corrected chi connectivity index (χ3v) is 4.19. The molecule has 0 aliphatic heterocycles. The minimum atomic E-state index is -3.42. The summed E-state index contributed by atoms with van der Waals surface area (Å²) in [6.45, 7) is 1.76. The van der Waals surface area contributed by atoms with Crippen LogP contribution in [0.1, 0.15) is 15.9 Å². The van der Waals surface area contributed by atoms with Gasteiger partial charge in [0.1, 0.15) is 12.7 Å². The third-order valence-electron chi connectivity index (χ3n) is 3.60. The number of sulfonamides is 1. The molecule has 3 rings (SSSR count). The molecule has 0 unspecified atom stereocenters. The molecule has 2 aromatic carbocycles. The first-order valence-corrected chi connectivity index (χ1v) is 9.56. The molecule has 2 N–H and O–H groups in total. The minimum Gasteiger partial charge on any atom is -0.322 e. The minimum absolute atomic E-state index is 0.338. The number of hydrogen-bond acceptors (Lipinski definition) is 5. The quantitative estimate of drug-likeness (QED) is 0.715. The van der Waals surface area contributed by atoms with Crippen molar-refractivity contribution >= 4 is 27.3 Å². The van der Waals surface area contributed by atoms with Crippen LogP contribution in [0.5, 0.6) is 0 Å². The lowest BCUT2D eigenvalue weighted by Crippen LogP contribution is -2.14. The van der Waals surface area contributed by atoms with E-state index in [-0.39, 0.29) is 5.91 Å². The summed E-state index contributed by atoms with van der Waals surface area (Å²) in [5, 5.41) is 6.81. The van der Waals surface area contributed by atoms with Gasteiger partial charge in [-0.2, -0.15) is 5.10 Å². The molecule has 0 aliphatic rings. The lowest BCUT2D eigenvalue weighted by molar-refractivity contribution is 0.102. The van der Waals surface area contributed by atoms with E-state index in [4.69, 9.17) is 0 Å². The molecule has 8 nitrogen and oxygen atoms in total. The van der Waals surface area contributed by atoms with Crippen molar-refractivity contribution in [3.63, 3.8) is 0 Å². The van der Waals surface area contributed by atoms with Gasteiger partial charge < -0.3 is 5.32 Å². The zero-order valence-electron chi connectivity index (χ0n) is 14.2. The topological polar surface area (TPSA) is 106 Å². The van der Waals surface area contributed by atoms with E-state index in [1.54, 1.807) is 54.3 Å². The highest BCUT2D eigenvalue weighted by atomic mass is 32.2. The highest BCUT2D eigenvalue weighted by Crippen LogP contribution is 2.19. The van der Waals surface area contributed by atoms with Gasteiger partial charge in [-0.05, 0) is 48.9 Å². The van der Waals surface area contributed by atoms with Gasteiger partial charge in [-0.15, -0.1) is 0 Å². The number of anilines is 2. The van der Waals surface area contributed by atoms with Crippen molar-refractivity contribution in [1.29, 1.82) is 0 Å². The van der Waals surface area contributed by atoms with Crippen LogP contribution in [0.25, 0.3) is 5.69 Å². The van der Waals surface area contributed by atoms with E-state index in [0.717, 1.165) is 17.5 Å². The molecule has 0 fully saturated rings. The van der Waals surface area contributed by atoms with E-state index in [0.29, 0.717) is 16.9 Å². The molecule has 9 heteroatoms. The van der Waals surface area contributed by atoms with Gasteiger partial charge >= 0.3 is 0 Å². The maximum Gasteiger partial charge on any atom is 0.255 e. The van der Waals surface area contributed by atoms with Crippen LogP contribution in [0.2, 0.25) is 0 Å². The van der Waals surface area contributed by atoms with Crippen molar-refractivity contribution in [2.24, 2.45) is 0 Å². The summed E-state index contributed by atoms with van der Waals surface area (Å²) in [5.41, 5.74) is 2.88. The summed E-state index contributed by atoms with van der Waals surface area (Å²) >= 11 is 0. The first-order valence-electron chi connectivity index (χ1n) is 7.67. The molecule has 0 spiro atoms. The second kappa shape index (κ2) is 6.96. The van der Waals surface area contributed by atoms with Crippen molar-refractivity contribution in [2.75, 3.05) is 16.3 Å². The number of carbonyl (C=O) groups is 1. The molecule has 0 saturated carbocycles. The van der Waals surface area contributed by atoms with E-state index in [9.17, 15) is 13.2 Å². The Balaban J connectivity index is 1.76. The second-order valence-electron chi connectivity index (χ2n) is 5.74. The lowest BCUT2D eigenvalue weighted by atomic mass is 10.1. The number of carbonyl (C=O) groups excluding carboxylic acids is 1. The molecule has 1 amide bonds. The van der Waals surface area contributed by atoms with Crippen LogP contribution in [0.15, 0.2) is 55.1 Å². The smallest absolute Gasteiger partial charge is 0.255 e. The molecule has 1 heterocycles. The van der Waals surface area contributed by atoms with Crippen LogP contribution in [-0.4, -0.2) is 35.3 Å². The molecule has 0 aliphatic carbocycles. The Hall–Kier alpha value is -3.20. The Morgan fingerprint density at radius 2 is 1.85 bits per heavy atom. The van der Waals surface area contributed by atoms with Gasteiger partial charge in [-0.3, -0.25) is 9.52 Å². The number of nitrogens with one attached hydrogen (secondary N) is 2. The fourth-order valence-electron chi connectivity index (χ4n) is 2.32. The molecule has 0 atom stereocenters. The Morgan fingerprint density at radius 3 is 2.46 bits per heavy atom. The summed E-state index contributed by atoms with van der Waals surface area (Å²) in [5.74, 6) is -0.338. The van der Waals surface area contributed by atoms with E-state index in [1.165, 1.54) is 12.4 Å². The lowest BCUT2D eigenvalue weighted by Gasteiger charge is -2.11. The number of nitrogens with zero attached hydrogens (tertiary/aromatic N) is 3. The van der Waals surface area contributed by atoms with Crippen molar-refractivity contribution in [3.8, 4) is 5.69 Å². The number of hydrogen-bond donors (Lipinski definition) is 2. The van der Waals surface area contributed by atoms with E-state index >= 15 is 0 Å². The average molecular weight is 371 g/mol. The first kappa shape index (κ1) is 17.6. The molecule has 134 valence electrons. The van der Waals surface area contributed by atoms with Crippen molar-refractivity contribution < 1.29 is 13.2 Å². The molecule has 1 aromatic heterocycles. The number of amides is 1. The van der Waals surface area contributed by atoms with Gasteiger partial charge in [-0.1, -0.05) is 6.07 Å².